The van der Waals surface area contributed by atoms with E-state index in [1.807, 2.05) is 17.7 Å². The van der Waals surface area contributed by atoms with Crippen LogP contribution < -0.4 is 5.56 Å². The lowest BCUT2D eigenvalue weighted by atomic mass is 10.0. The van der Waals surface area contributed by atoms with E-state index < -0.39 is 0 Å². The predicted octanol–water partition coefficient (Wildman–Crippen LogP) is 3.22. The Morgan fingerprint density at radius 1 is 1.23 bits per heavy atom. The summed E-state index contributed by atoms with van der Waals surface area (Å²) in [6, 6.07) is 6.08. The summed E-state index contributed by atoms with van der Waals surface area (Å²) >= 11 is 0. The first-order valence-electron chi connectivity index (χ1n) is 10.9. The number of benzene rings is 1. The Labute approximate surface area is 183 Å². The van der Waals surface area contributed by atoms with E-state index in [0.29, 0.717) is 25.1 Å². The Morgan fingerprint density at radius 3 is 2.61 bits per heavy atom. The summed E-state index contributed by atoms with van der Waals surface area (Å²) in [6.07, 6.45) is 1.39. The third-order valence-corrected chi connectivity index (χ3v) is 5.60. The number of hydrogen-bond acceptors (Lipinski definition) is 6. The number of aliphatic hydroxyl groups is 1. The maximum Gasteiger partial charge on any atom is 0.252 e. The molecule has 0 aliphatic rings. The number of aromatic amines is 1. The lowest BCUT2D eigenvalue weighted by Gasteiger charge is -2.32. The SMILES string of the molecule is CCC(c1nnnn1C(C)(C)C)N(CCCO)Cc1cc2cc(C)cc(C)c2[nH]c1=O. The van der Waals surface area contributed by atoms with Gasteiger partial charge in [-0.25, -0.2) is 4.68 Å². The Bertz CT molecular complexity index is 1100. The molecule has 0 fully saturated rings. The maximum absolute atomic E-state index is 12.9. The van der Waals surface area contributed by atoms with Gasteiger partial charge in [0, 0.05) is 25.3 Å². The molecular weight excluding hydrogens is 392 g/mol. The molecule has 8 heteroatoms. The maximum atomic E-state index is 12.9. The molecule has 0 bridgehead atoms. The highest BCUT2D eigenvalue weighted by atomic mass is 16.3. The number of pyridine rings is 1. The zero-order valence-corrected chi connectivity index (χ0v) is 19.4. The molecule has 2 N–H and O–H groups in total. The van der Waals surface area contributed by atoms with Crippen molar-refractivity contribution in [1.29, 1.82) is 0 Å². The minimum absolute atomic E-state index is 0.0740. The molecule has 3 aromatic rings. The molecular formula is C23H34N6O2. The fourth-order valence-electron chi connectivity index (χ4n) is 4.17. The van der Waals surface area contributed by atoms with Crippen LogP contribution in [-0.2, 0) is 12.1 Å². The van der Waals surface area contributed by atoms with Gasteiger partial charge in [-0.05, 0) is 81.0 Å². The first-order chi connectivity index (χ1) is 14.7. The van der Waals surface area contributed by atoms with Gasteiger partial charge in [-0.15, -0.1) is 5.10 Å². The number of fused-ring (bicyclic) bond motifs is 1. The van der Waals surface area contributed by atoms with Crippen molar-refractivity contribution in [2.75, 3.05) is 13.2 Å². The molecule has 0 aliphatic heterocycles. The lowest BCUT2D eigenvalue weighted by molar-refractivity contribution is 0.146. The van der Waals surface area contributed by atoms with Crippen LogP contribution in [0.5, 0.6) is 0 Å². The molecule has 2 heterocycles. The molecule has 8 nitrogen and oxygen atoms in total. The van der Waals surface area contributed by atoms with Crippen molar-refractivity contribution >= 4 is 10.9 Å². The molecule has 1 atom stereocenters. The first-order valence-corrected chi connectivity index (χ1v) is 10.9. The van der Waals surface area contributed by atoms with Crippen LogP contribution in [0.1, 0.15) is 69.1 Å². The molecule has 0 amide bonds. The van der Waals surface area contributed by atoms with Gasteiger partial charge in [0.25, 0.3) is 5.56 Å². The van der Waals surface area contributed by atoms with E-state index in [9.17, 15) is 9.90 Å². The van der Waals surface area contributed by atoms with Gasteiger partial charge in [-0.3, -0.25) is 9.69 Å². The molecule has 31 heavy (non-hydrogen) atoms. The van der Waals surface area contributed by atoms with Crippen LogP contribution in [0.15, 0.2) is 23.0 Å². The van der Waals surface area contributed by atoms with Gasteiger partial charge >= 0.3 is 0 Å². The predicted molar refractivity (Wildman–Crippen MR) is 122 cm³/mol. The summed E-state index contributed by atoms with van der Waals surface area (Å²) in [5.74, 6) is 0.775. The van der Waals surface area contributed by atoms with Crippen LogP contribution in [-0.4, -0.2) is 48.3 Å². The van der Waals surface area contributed by atoms with Crippen LogP contribution in [0.3, 0.4) is 0 Å². The molecule has 3 rings (SSSR count). The number of rotatable bonds is 8. The fourth-order valence-corrected chi connectivity index (χ4v) is 4.17. The molecule has 0 aliphatic carbocycles. The molecule has 0 spiro atoms. The number of H-pyrrole nitrogens is 1. The van der Waals surface area contributed by atoms with Crippen molar-refractivity contribution in [1.82, 2.24) is 30.1 Å². The molecule has 2 aromatic heterocycles. The van der Waals surface area contributed by atoms with Crippen LogP contribution in [0, 0.1) is 13.8 Å². The summed E-state index contributed by atoms with van der Waals surface area (Å²) in [6.45, 7) is 13.5. The lowest BCUT2D eigenvalue weighted by Crippen LogP contribution is -2.36. The van der Waals surface area contributed by atoms with Crippen molar-refractivity contribution in [2.45, 2.75) is 72.5 Å². The van der Waals surface area contributed by atoms with Crippen LogP contribution >= 0.6 is 0 Å². The highest BCUT2D eigenvalue weighted by molar-refractivity contribution is 5.82. The zero-order valence-electron chi connectivity index (χ0n) is 19.4. The second-order valence-corrected chi connectivity index (χ2v) is 9.26. The quantitative estimate of drug-likeness (QED) is 0.574. The van der Waals surface area contributed by atoms with Crippen LogP contribution in [0.2, 0.25) is 0 Å². The van der Waals surface area contributed by atoms with Crippen LogP contribution in [0.4, 0.5) is 0 Å². The summed E-state index contributed by atoms with van der Waals surface area (Å²) in [5.41, 5.74) is 3.46. The number of nitrogens with one attached hydrogen (secondary N) is 1. The number of nitrogens with zero attached hydrogens (tertiary/aromatic N) is 5. The largest absolute Gasteiger partial charge is 0.396 e. The Morgan fingerprint density at radius 2 is 1.97 bits per heavy atom. The summed E-state index contributed by atoms with van der Waals surface area (Å²) in [5, 5.41) is 23.0. The van der Waals surface area contributed by atoms with Gasteiger partial charge in [0.2, 0.25) is 0 Å². The molecule has 0 radical (unpaired) electrons. The number of aliphatic hydroxyl groups excluding tert-OH is 1. The van der Waals surface area contributed by atoms with Crippen molar-refractivity contribution in [3.63, 3.8) is 0 Å². The normalized spacial score (nSPS) is 13.3. The highest BCUT2D eigenvalue weighted by Crippen LogP contribution is 2.28. The number of aromatic nitrogens is 5. The summed E-state index contributed by atoms with van der Waals surface area (Å²) in [7, 11) is 0. The van der Waals surface area contributed by atoms with Gasteiger partial charge in [0.1, 0.15) is 0 Å². The van der Waals surface area contributed by atoms with Crippen molar-refractivity contribution < 1.29 is 5.11 Å². The first kappa shape index (κ1) is 23.1. The van der Waals surface area contributed by atoms with Crippen molar-refractivity contribution in [3.8, 4) is 0 Å². The van der Waals surface area contributed by atoms with Gasteiger partial charge < -0.3 is 10.1 Å². The zero-order chi connectivity index (χ0) is 22.8. The average Bonchev–Trinajstić information content (AvgIpc) is 3.17. The molecule has 1 unspecified atom stereocenters. The summed E-state index contributed by atoms with van der Waals surface area (Å²) < 4.78 is 1.85. The van der Waals surface area contributed by atoms with Crippen molar-refractivity contribution in [2.24, 2.45) is 0 Å². The van der Waals surface area contributed by atoms with E-state index in [1.165, 1.54) is 0 Å². The number of aryl methyl sites for hydroxylation is 2. The Balaban J connectivity index is 2.02. The Hall–Kier alpha value is -2.58. The van der Waals surface area contributed by atoms with E-state index in [-0.39, 0.29) is 23.7 Å². The molecule has 168 valence electrons. The van der Waals surface area contributed by atoms with Gasteiger partial charge in [-0.1, -0.05) is 18.6 Å². The van der Waals surface area contributed by atoms with Crippen molar-refractivity contribution in [3.05, 3.63) is 51.1 Å². The highest BCUT2D eigenvalue weighted by Gasteiger charge is 2.29. The van der Waals surface area contributed by atoms with E-state index in [1.54, 1.807) is 0 Å². The number of hydrogen-bond donors (Lipinski definition) is 2. The average molecular weight is 427 g/mol. The monoisotopic (exact) mass is 426 g/mol. The molecule has 0 saturated heterocycles. The smallest absolute Gasteiger partial charge is 0.252 e. The van der Waals surface area contributed by atoms with Crippen LogP contribution in [0.25, 0.3) is 10.9 Å². The minimum atomic E-state index is -0.260. The van der Waals surface area contributed by atoms with Gasteiger partial charge in [-0.2, -0.15) is 0 Å². The van der Waals surface area contributed by atoms with E-state index in [2.05, 4.69) is 72.2 Å². The van der Waals surface area contributed by atoms with E-state index >= 15 is 0 Å². The minimum Gasteiger partial charge on any atom is -0.396 e. The number of tetrazole rings is 1. The second-order valence-electron chi connectivity index (χ2n) is 9.26. The third kappa shape index (κ3) is 5.02. The Kier molecular flexibility index (Phi) is 6.91. The van der Waals surface area contributed by atoms with E-state index in [4.69, 9.17) is 0 Å². The van der Waals surface area contributed by atoms with Gasteiger partial charge in [0.15, 0.2) is 5.82 Å². The summed E-state index contributed by atoms with van der Waals surface area (Å²) in [4.78, 5) is 18.2. The molecule has 0 saturated carbocycles. The topological polar surface area (TPSA) is 99.9 Å². The molecule has 1 aromatic carbocycles. The van der Waals surface area contributed by atoms with Gasteiger partial charge in [0.05, 0.1) is 17.1 Å². The van der Waals surface area contributed by atoms with E-state index in [0.717, 1.165) is 34.3 Å². The second kappa shape index (κ2) is 9.28. The fraction of sp³-hybridized carbons (Fsp3) is 0.565. The third-order valence-electron chi connectivity index (χ3n) is 5.60. The standard InChI is InChI=1S/C23H34N6O2/c1-7-19(21-25-26-27-29(21)23(4,5)6)28(9-8-10-30)14-18-13-17-12-15(2)11-16(3)20(17)24-22(18)31/h11-13,19,30H,7-10,14H2,1-6H3,(H,24,31).